The molecule has 3 rings (SSSR count). The molecule has 4 nitrogen and oxygen atoms in total. The molecule has 1 aliphatic rings. The highest BCUT2D eigenvalue weighted by atomic mass is 79.9. The Labute approximate surface area is 142 Å². The van der Waals surface area contributed by atoms with E-state index in [1.54, 1.807) is 17.5 Å². The number of amides is 1. The summed E-state index contributed by atoms with van der Waals surface area (Å²) in [7, 11) is 0. The van der Waals surface area contributed by atoms with Gasteiger partial charge < -0.3 is 10.2 Å². The summed E-state index contributed by atoms with van der Waals surface area (Å²) in [4.78, 5) is 20.2. The summed E-state index contributed by atoms with van der Waals surface area (Å²) in [6, 6.07) is 5.76. The lowest BCUT2D eigenvalue weighted by molar-refractivity contribution is 0.0725. The van der Waals surface area contributed by atoms with Gasteiger partial charge in [-0.1, -0.05) is 0 Å². The van der Waals surface area contributed by atoms with Crippen LogP contribution in [0.1, 0.15) is 34.5 Å². The second kappa shape index (κ2) is 7.24. The van der Waals surface area contributed by atoms with E-state index in [0.717, 1.165) is 30.4 Å². The van der Waals surface area contributed by atoms with E-state index in [4.69, 9.17) is 0 Å². The maximum Gasteiger partial charge on any atom is 0.257 e. The average Bonchev–Trinajstić information content (AvgIpc) is 2.99. The predicted octanol–water partition coefficient (Wildman–Crippen LogP) is 4.14. The topological polar surface area (TPSA) is 45.2 Å². The van der Waals surface area contributed by atoms with Crippen LogP contribution >= 0.6 is 27.3 Å². The standard InChI is InChI=1S/C16H18BrN3OS/c17-12-9-13(22-11-12)10-19-15-14(5-4-6-18-15)16(21)20-7-2-1-3-8-20/h4-6,9,11H,1-3,7-8,10H2,(H,18,19). The van der Waals surface area contributed by atoms with Crippen molar-refractivity contribution in [3.63, 3.8) is 0 Å². The van der Waals surface area contributed by atoms with Gasteiger partial charge in [0.1, 0.15) is 5.82 Å². The molecular formula is C16H18BrN3OS. The summed E-state index contributed by atoms with van der Waals surface area (Å²) in [5.41, 5.74) is 0.667. The molecule has 1 aliphatic heterocycles. The van der Waals surface area contributed by atoms with Crippen LogP contribution in [-0.2, 0) is 6.54 Å². The van der Waals surface area contributed by atoms with Crippen molar-refractivity contribution in [2.24, 2.45) is 0 Å². The fourth-order valence-electron chi connectivity index (χ4n) is 2.60. The highest BCUT2D eigenvalue weighted by Gasteiger charge is 2.21. The number of rotatable bonds is 4. The van der Waals surface area contributed by atoms with Gasteiger partial charge in [0.25, 0.3) is 5.91 Å². The first kappa shape index (κ1) is 15.5. The van der Waals surface area contributed by atoms with Gasteiger partial charge in [0.15, 0.2) is 0 Å². The molecule has 1 N–H and O–H groups in total. The molecule has 2 aromatic rings. The second-order valence-electron chi connectivity index (χ2n) is 5.34. The second-order valence-corrected chi connectivity index (χ2v) is 7.25. The van der Waals surface area contributed by atoms with Gasteiger partial charge in [0, 0.05) is 34.0 Å². The first-order chi connectivity index (χ1) is 10.7. The molecule has 0 atom stereocenters. The lowest BCUT2D eigenvalue weighted by Gasteiger charge is -2.27. The number of carbonyl (C=O) groups excluding carboxylic acids is 1. The molecule has 1 amide bonds. The Bertz CT molecular complexity index is 652. The number of nitrogens with one attached hydrogen (secondary N) is 1. The number of likely N-dealkylation sites (tertiary alicyclic amines) is 1. The maximum absolute atomic E-state index is 12.7. The predicted molar refractivity (Wildman–Crippen MR) is 93.3 cm³/mol. The first-order valence-corrected chi connectivity index (χ1v) is 9.12. The Morgan fingerprint density at radius 2 is 2.18 bits per heavy atom. The van der Waals surface area contributed by atoms with Gasteiger partial charge in [-0.3, -0.25) is 4.79 Å². The number of nitrogens with zero attached hydrogens (tertiary/aromatic N) is 2. The van der Waals surface area contributed by atoms with E-state index in [9.17, 15) is 4.79 Å². The van der Waals surface area contributed by atoms with Gasteiger partial charge >= 0.3 is 0 Å². The van der Waals surface area contributed by atoms with Gasteiger partial charge in [-0.25, -0.2) is 4.98 Å². The van der Waals surface area contributed by atoms with Crippen molar-refractivity contribution in [3.8, 4) is 0 Å². The molecule has 1 fully saturated rings. The molecule has 22 heavy (non-hydrogen) atoms. The van der Waals surface area contributed by atoms with Crippen LogP contribution in [0.5, 0.6) is 0 Å². The number of pyridine rings is 1. The molecule has 116 valence electrons. The summed E-state index contributed by atoms with van der Waals surface area (Å²) in [6.07, 6.45) is 5.13. The molecule has 0 aliphatic carbocycles. The number of piperidine rings is 1. The third-order valence-corrected chi connectivity index (χ3v) is 5.43. The van der Waals surface area contributed by atoms with Gasteiger partial charge in [-0.05, 0) is 53.4 Å². The molecule has 0 radical (unpaired) electrons. The molecule has 6 heteroatoms. The van der Waals surface area contributed by atoms with Crippen LogP contribution in [-0.4, -0.2) is 28.9 Å². The SMILES string of the molecule is O=C(c1cccnc1NCc1cc(Br)cs1)N1CCCCC1. The van der Waals surface area contributed by atoms with E-state index >= 15 is 0 Å². The minimum absolute atomic E-state index is 0.0858. The van der Waals surface area contributed by atoms with Gasteiger partial charge in [-0.2, -0.15) is 0 Å². The summed E-state index contributed by atoms with van der Waals surface area (Å²) < 4.78 is 1.08. The Morgan fingerprint density at radius 3 is 2.91 bits per heavy atom. The van der Waals surface area contributed by atoms with Crippen molar-refractivity contribution in [2.75, 3.05) is 18.4 Å². The van der Waals surface area contributed by atoms with E-state index in [1.807, 2.05) is 17.0 Å². The minimum atomic E-state index is 0.0858. The largest absolute Gasteiger partial charge is 0.365 e. The van der Waals surface area contributed by atoms with Crippen LogP contribution in [0.15, 0.2) is 34.2 Å². The Balaban J connectivity index is 1.72. The fourth-order valence-corrected chi connectivity index (χ4v) is 3.99. The number of hydrogen-bond donors (Lipinski definition) is 1. The number of hydrogen-bond acceptors (Lipinski definition) is 4. The van der Waals surface area contributed by atoms with E-state index in [1.165, 1.54) is 11.3 Å². The lowest BCUT2D eigenvalue weighted by atomic mass is 10.1. The number of thiophene rings is 1. The van der Waals surface area contributed by atoms with Gasteiger partial charge in [-0.15, -0.1) is 11.3 Å². The Kier molecular flexibility index (Phi) is 5.10. The van der Waals surface area contributed by atoms with Crippen LogP contribution < -0.4 is 5.32 Å². The quantitative estimate of drug-likeness (QED) is 0.867. The average molecular weight is 380 g/mol. The van der Waals surface area contributed by atoms with Crippen molar-refractivity contribution >= 4 is 39.0 Å². The van der Waals surface area contributed by atoms with Crippen LogP contribution in [0.4, 0.5) is 5.82 Å². The molecule has 1 saturated heterocycles. The Hall–Kier alpha value is -1.40. The smallest absolute Gasteiger partial charge is 0.257 e. The third kappa shape index (κ3) is 3.67. The van der Waals surface area contributed by atoms with Crippen LogP contribution in [0.3, 0.4) is 0 Å². The summed E-state index contributed by atoms with van der Waals surface area (Å²) in [5, 5.41) is 5.34. The van der Waals surface area contributed by atoms with E-state index in [2.05, 4.69) is 37.7 Å². The highest BCUT2D eigenvalue weighted by Crippen LogP contribution is 2.22. The van der Waals surface area contributed by atoms with Crippen molar-refractivity contribution < 1.29 is 4.79 Å². The molecule has 0 bridgehead atoms. The van der Waals surface area contributed by atoms with Crippen LogP contribution in [0.25, 0.3) is 0 Å². The normalized spacial score (nSPS) is 14.9. The summed E-state index contributed by atoms with van der Waals surface area (Å²) in [5.74, 6) is 0.755. The molecule has 3 heterocycles. The van der Waals surface area contributed by atoms with E-state index < -0.39 is 0 Å². The first-order valence-electron chi connectivity index (χ1n) is 7.45. The van der Waals surface area contributed by atoms with Gasteiger partial charge in [0.2, 0.25) is 0 Å². The van der Waals surface area contributed by atoms with Crippen molar-refractivity contribution in [3.05, 3.63) is 44.7 Å². The zero-order valence-electron chi connectivity index (χ0n) is 12.2. The highest BCUT2D eigenvalue weighted by molar-refractivity contribution is 9.10. The van der Waals surface area contributed by atoms with E-state index in [0.29, 0.717) is 17.9 Å². The minimum Gasteiger partial charge on any atom is -0.365 e. The number of anilines is 1. The summed E-state index contributed by atoms with van der Waals surface area (Å²) >= 11 is 5.13. The zero-order chi connectivity index (χ0) is 15.4. The fraction of sp³-hybridized carbons (Fsp3) is 0.375. The van der Waals surface area contributed by atoms with Crippen LogP contribution in [0, 0.1) is 0 Å². The number of halogens is 1. The Morgan fingerprint density at radius 1 is 1.36 bits per heavy atom. The number of carbonyl (C=O) groups is 1. The van der Waals surface area contributed by atoms with Gasteiger partial charge in [0.05, 0.1) is 12.1 Å². The van der Waals surface area contributed by atoms with E-state index in [-0.39, 0.29) is 5.91 Å². The van der Waals surface area contributed by atoms with Crippen molar-refractivity contribution in [2.45, 2.75) is 25.8 Å². The molecule has 0 unspecified atom stereocenters. The maximum atomic E-state index is 12.7. The number of aromatic nitrogens is 1. The summed E-state index contributed by atoms with van der Waals surface area (Å²) in [6.45, 7) is 2.38. The van der Waals surface area contributed by atoms with Crippen molar-refractivity contribution in [1.29, 1.82) is 0 Å². The molecule has 2 aromatic heterocycles. The zero-order valence-corrected chi connectivity index (χ0v) is 14.6. The molecule has 0 spiro atoms. The molecule has 0 aromatic carbocycles. The lowest BCUT2D eigenvalue weighted by Crippen LogP contribution is -2.36. The molecular weight excluding hydrogens is 362 g/mol. The van der Waals surface area contributed by atoms with Crippen molar-refractivity contribution in [1.82, 2.24) is 9.88 Å². The monoisotopic (exact) mass is 379 g/mol. The third-order valence-electron chi connectivity index (χ3n) is 3.73. The molecule has 0 saturated carbocycles. The van der Waals surface area contributed by atoms with Crippen LogP contribution in [0.2, 0.25) is 0 Å².